The van der Waals surface area contributed by atoms with Gasteiger partial charge in [-0.3, -0.25) is 5.32 Å². The van der Waals surface area contributed by atoms with Crippen LogP contribution < -0.4 is 10.8 Å². The molecule has 1 saturated heterocycles. The topological polar surface area (TPSA) is 56.8 Å². The van der Waals surface area contributed by atoms with Crippen molar-refractivity contribution < 1.29 is 18.8 Å². The van der Waals surface area contributed by atoms with Gasteiger partial charge in [-0.15, -0.1) is 0 Å². The molecule has 1 N–H and O–H groups in total. The number of ether oxygens (including phenoxy) is 1. The number of amides is 1. The van der Waals surface area contributed by atoms with Gasteiger partial charge >= 0.3 is 13.2 Å². The lowest BCUT2D eigenvalue weighted by Crippen LogP contribution is -2.41. The zero-order chi connectivity index (χ0) is 19.9. The highest BCUT2D eigenvalue weighted by Gasteiger charge is 2.51. The summed E-state index contributed by atoms with van der Waals surface area (Å²) in [5.74, 6) is 0.302. The van der Waals surface area contributed by atoms with E-state index in [-0.39, 0.29) is 0 Å². The molecule has 1 aliphatic rings. The Bertz CT molecular complexity index is 661. The van der Waals surface area contributed by atoms with E-state index in [0.717, 1.165) is 11.0 Å². The minimum Gasteiger partial charge on any atom is -0.444 e. The SMILES string of the molecule is CC(C)c1cc(NC(=O)OC(C)(C)C)cc(B2OC(C)(C)C(C)(C)O2)c1. The quantitative estimate of drug-likeness (QED) is 0.808. The minimum absolute atomic E-state index is 0.302. The summed E-state index contributed by atoms with van der Waals surface area (Å²) in [5, 5.41) is 2.83. The van der Waals surface area contributed by atoms with Crippen LogP contribution >= 0.6 is 0 Å². The summed E-state index contributed by atoms with van der Waals surface area (Å²) in [4.78, 5) is 12.2. The summed E-state index contributed by atoms with van der Waals surface area (Å²) in [6.07, 6.45) is -0.474. The summed E-state index contributed by atoms with van der Waals surface area (Å²) < 4.78 is 17.7. The molecule has 1 aromatic rings. The molecule has 1 fully saturated rings. The van der Waals surface area contributed by atoms with Crippen LogP contribution in [-0.4, -0.2) is 30.0 Å². The minimum atomic E-state index is -0.547. The van der Waals surface area contributed by atoms with Gasteiger partial charge in [0.25, 0.3) is 0 Å². The fourth-order valence-corrected chi connectivity index (χ4v) is 2.62. The van der Waals surface area contributed by atoms with Crippen LogP contribution in [0.15, 0.2) is 18.2 Å². The highest BCUT2D eigenvalue weighted by atomic mass is 16.7. The molecule has 0 aliphatic carbocycles. The van der Waals surface area contributed by atoms with Gasteiger partial charge in [0.1, 0.15) is 5.60 Å². The molecule has 144 valence electrons. The number of benzene rings is 1. The lowest BCUT2D eigenvalue weighted by Gasteiger charge is -2.32. The van der Waals surface area contributed by atoms with Gasteiger partial charge < -0.3 is 14.0 Å². The van der Waals surface area contributed by atoms with Crippen molar-refractivity contribution in [2.24, 2.45) is 0 Å². The van der Waals surface area contributed by atoms with Gasteiger partial charge in [0.05, 0.1) is 11.2 Å². The van der Waals surface area contributed by atoms with Crippen molar-refractivity contribution in [3.05, 3.63) is 23.8 Å². The predicted molar refractivity (Wildman–Crippen MR) is 106 cm³/mol. The average molecular weight is 361 g/mol. The Morgan fingerprint density at radius 3 is 2.08 bits per heavy atom. The largest absolute Gasteiger partial charge is 0.494 e. The van der Waals surface area contributed by atoms with E-state index in [2.05, 4.69) is 25.2 Å². The van der Waals surface area contributed by atoms with Gasteiger partial charge in [-0.1, -0.05) is 19.9 Å². The molecule has 0 aromatic heterocycles. The molecule has 1 aliphatic heterocycles. The fourth-order valence-electron chi connectivity index (χ4n) is 2.62. The molecule has 0 unspecified atom stereocenters. The molecular formula is C20H32BNO4. The number of nitrogens with one attached hydrogen (secondary N) is 1. The maximum atomic E-state index is 12.2. The fraction of sp³-hybridized carbons (Fsp3) is 0.650. The van der Waals surface area contributed by atoms with Crippen LogP contribution in [0.25, 0.3) is 0 Å². The zero-order valence-corrected chi connectivity index (χ0v) is 17.5. The van der Waals surface area contributed by atoms with Gasteiger partial charge in [-0.25, -0.2) is 4.79 Å². The van der Waals surface area contributed by atoms with Gasteiger partial charge in [0, 0.05) is 5.69 Å². The van der Waals surface area contributed by atoms with E-state index in [1.807, 2.05) is 60.6 Å². The molecule has 0 bridgehead atoms. The van der Waals surface area contributed by atoms with E-state index in [9.17, 15) is 4.79 Å². The molecular weight excluding hydrogens is 329 g/mol. The molecule has 5 nitrogen and oxygen atoms in total. The smallest absolute Gasteiger partial charge is 0.444 e. The molecule has 1 heterocycles. The summed E-state index contributed by atoms with van der Waals surface area (Å²) in [7, 11) is -0.474. The van der Waals surface area contributed by atoms with Gasteiger partial charge in [0.2, 0.25) is 0 Å². The van der Waals surface area contributed by atoms with Gasteiger partial charge in [-0.05, 0) is 77.5 Å². The average Bonchev–Trinajstić information content (AvgIpc) is 2.64. The van der Waals surface area contributed by atoms with Gasteiger partial charge in [0.15, 0.2) is 0 Å². The molecule has 6 heteroatoms. The van der Waals surface area contributed by atoms with E-state index >= 15 is 0 Å². The second-order valence-electron chi connectivity index (χ2n) is 9.26. The standard InChI is InChI=1S/C20H32BNO4/c1-13(2)14-10-15(21-25-19(6,7)20(8,9)26-21)12-16(11-14)22-17(23)24-18(3,4)5/h10-13H,1-9H3,(H,22,23). The molecule has 0 saturated carbocycles. The van der Waals surface area contributed by atoms with Crippen LogP contribution in [0.1, 0.15) is 73.8 Å². The van der Waals surface area contributed by atoms with Crippen molar-refractivity contribution in [3.8, 4) is 0 Å². The summed E-state index contributed by atoms with van der Waals surface area (Å²) in [6, 6.07) is 5.92. The Hall–Kier alpha value is -1.53. The van der Waals surface area contributed by atoms with Gasteiger partial charge in [-0.2, -0.15) is 0 Å². The van der Waals surface area contributed by atoms with Crippen molar-refractivity contribution in [1.29, 1.82) is 0 Å². The summed E-state index contributed by atoms with van der Waals surface area (Å²) >= 11 is 0. The molecule has 0 spiro atoms. The number of rotatable bonds is 3. The Kier molecular flexibility index (Phi) is 5.51. The molecule has 1 amide bonds. The van der Waals surface area contributed by atoms with Crippen LogP contribution in [0, 0.1) is 0 Å². The van der Waals surface area contributed by atoms with Crippen molar-refractivity contribution in [1.82, 2.24) is 0 Å². The number of hydrogen-bond donors (Lipinski definition) is 1. The third-order valence-electron chi connectivity index (χ3n) is 4.82. The zero-order valence-electron chi connectivity index (χ0n) is 17.5. The monoisotopic (exact) mass is 361 g/mol. The third-order valence-corrected chi connectivity index (χ3v) is 4.82. The van der Waals surface area contributed by atoms with Crippen molar-refractivity contribution >= 4 is 24.4 Å². The lowest BCUT2D eigenvalue weighted by atomic mass is 9.77. The molecule has 26 heavy (non-hydrogen) atoms. The van der Waals surface area contributed by atoms with E-state index < -0.39 is 30.0 Å². The number of anilines is 1. The lowest BCUT2D eigenvalue weighted by molar-refractivity contribution is 0.00578. The van der Waals surface area contributed by atoms with Crippen molar-refractivity contribution in [2.45, 2.75) is 85.0 Å². The first-order chi connectivity index (χ1) is 11.7. The number of hydrogen-bond acceptors (Lipinski definition) is 4. The summed E-state index contributed by atoms with van der Waals surface area (Å²) in [6.45, 7) is 17.9. The molecule has 2 rings (SSSR count). The van der Waals surface area contributed by atoms with E-state index in [4.69, 9.17) is 14.0 Å². The third kappa shape index (κ3) is 4.80. The normalized spacial score (nSPS) is 18.9. The first-order valence-electron chi connectivity index (χ1n) is 9.21. The van der Waals surface area contributed by atoms with E-state index in [1.54, 1.807) is 0 Å². The van der Waals surface area contributed by atoms with Crippen LogP contribution in [-0.2, 0) is 14.0 Å². The van der Waals surface area contributed by atoms with Crippen molar-refractivity contribution in [2.75, 3.05) is 5.32 Å². The molecule has 1 aromatic carbocycles. The van der Waals surface area contributed by atoms with Crippen LogP contribution in [0.5, 0.6) is 0 Å². The van der Waals surface area contributed by atoms with Crippen LogP contribution in [0.4, 0.5) is 10.5 Å². The van der Waals surface area contributed by atoms with Crippen LogP contribution in [0.3, 0.4) is 0 Å². The Morgan fingerprint density at radius 2 is 1.62 bits per heavy atom. The molecule has 0 radical (unpaired) electrons. The summed E-state index contributed by atoms with van der Waals surface area (Å²) in [5.41, 5.74) is 1.29. The highest BCUT2D eigenvalue weighted by Crippen LogP contribution is 2.36. The predicted octanol–water partition coefficient (Wildman–Crippen LogP) is 4.46. The first kappa shape index (κ1) is 20.8. The second kappa shape index (κ2) is 6.89. The highest BCUT2D eigenvalue weighted by molar-refractivity contribution is 6.62. The second-order valence-corrected chi connectivity index (χ2v) is 9.26. The Morgan fingerprint density at radius 1 is 1.08 bits per heavy atom. The maximum absolute atomic E-state index is 12.2. The van der Waals surface area contributed by atoms with Crippen LogP contribution in [0.2, 0.25) is 0 Å². The number of carbonyl (C=O) groups is 1. The van der Waals surface area contributed by atoms with E-state index in [1.165, 1.54) is 0 Å². The van der Waals surface area contributed by atoms with E-state index in [0.29, 0.717) is 11.6 Å². The first-order valence-corrected chi connectivity index (χ1v) is 9.21. The molecule has 0 atom stereocenters. The Labute approximate surface area is 157 Å². The van der Waals surface area contributed by atoms with Crippen molar-refractivity contribution in [3.63, 3.8) is 0 Å². The Balaban J connectivity index is 2.31. The maximum Gasteiger partial charge on any atom is 0.494 e. The number of carbonyl (C=O) groups excluding carboxylic acids is 1.